The van der Waals surface area contributed by atoms with Crippen molar-refractivity contribution in [2.45, 2.75) is 40.0 Å². The molecule has 0 aliphatic carbocycles. The largest absolute Gasteiger partial charge is 0.370 e. The van der Waals surface area contributed by atoms with Gasteiger partial charge in [0.15, 0.2) is 5.96 Å². The molecule has 1 atom stereocenters. The zero-order chi connectivity index (χ0) is 13.8. The van der Waals surface area contributed by atoms with Crippen molar-refractivity contribution < 1.29 is 0 Å². The molecule has 1 fully saturated rings. The molecule has 4 nitrogen and oxygen atoms in total. The van der Waals surface area contributed by atoms with Crippen LogP contribution in [0.5, 0.6) is 0 Å². The van der Waals surface area contributed by atoms with E-state index in [9.17, 15) is 0 Å². The molecule has 1 saturated heterocycles. The fourth-order valence-electron chi connectivity index (χ4n) is 2.41. The van der Waals surface area contributed by atoms with Crippen LogP contribution in [0.2, 0.25) is 0 Å². The van der Waals surface area contributed by atoms with Crippen LogP contribution in [0.15, 0.2) is 4.99 Å². The van der Waals surface area contributed by atoms with E-state index in [4.69, 9.17) is 5.73 Å². The van der Waals surface area contributed by atoms with Crippen molar-refractivity contribution in [1.29, 1.82) is 0 Å². The highest BCUT2D eigenvalue weighted by Gasteiger charge is 2.17. The Balaban J connectivity index is 0.00000200. The Morgan fingerprint density at radius 1 is 1.50 bits per heavy atom. The summed E-state index contributed by atoms with van der Waals surface area (Å²) in [6.45, 7) is 9.29. The van der Waals surface area contributed by atoms with E-state index < -0.39 is 0 Å². The van der Waals surface area contributed by atoms with Gasteiger partial charge in [-0.25, -0.2) is 4.98 Å². The monoisotopic (exact) mass is 408 g/mol. The average Bonchev–Trinajstić information content (AvgIpc) is 2.68. The van der Waals surface area contributed by atoms with Crippen molar-refractivity contribution in [3.8, 4) is 0 Å². The van der Waals surface area contributed by atoms with Crippen LogP contribution in [-0.2, 0) is 6.42 Å². The predicted molar refractivity (Wildman–Crippen MR) is 97.2 cm³/mol. The maximum Gasteiger partial charge on any atom is 0.191 e. The van der Waals surface area contributed by atoms with Crippen molar-refractivity contribution in [2.24, 2.45) is 16.6 Å². The number of aryl methyl sites for hydroxylation is 2. The van der Waals surface area contributed by atoms with Crippen molar-refractivity contribution in [1.82, 2.24) is 9.88 Å². The lowest BCUT2D eigenvalue weighted by molar-refractivity contribution is 0.270. The summed E-state index contributed by atoms with van der Waals surface area (Å²) in [6, 6.07) is 0. The molecule has 2 heterocycles. The standard InChI is InChI=1S/C14H24N4S.HI/c1-10-5-4-8-18(9-10)14(15)16-7-6-13-17-11(2)12(3)19-13;/h10H,4-9H2,1-3H3,(H2,15,16);1H. The number of nitrogens with two attached hydrogens (primary N) is 1. The molecule has 6 heteroatoms. The van der Waals surface area contributed by atoms with Crippen molar-refractivity contribution in [2.75, 3.05) is 19.6 Å². The molecule has 0 saturated carbocycles. The summed E-state index contributed by atoms with van der Waals surface area (Å²) >= 11 is 1.77. The van der Waals surface area contributed by atoms with Crippen LogP contribution in [0.1, 0.15) is 35.3 Å². The van der Waals surface area contributed by atoms with E-state index in [2.05, 4.69) is 35.6 Å². The van der Waals surface area contributed by atoms with Crippen molar-refractivity contribution in [3.63, 3.8) is 0 Å². The third kappa shape index (κ3) is 4.87. The molecule has 20 heavy (non-hydrogen) atoms. The normalized spacial score (nSPS) is 19.9. The van der Waals surface area contributed by atoms with Crippen LogP contribution < -0.4 is 5.73 Å². The quantitative estimate of drug-likeness (QED) is 0.475. The molecule has 0 amide bonds. The summed E-state index contributed by atoms with van der Waals surface area (Å²) in [5.41, 5.74) is 7.21. The molecule has 0 aromatic carbocycles. The number of guanidine groups is 1. The first-order chi connectivity index (χ1) is 9.06. The minimum absolute atomic E-state index is 0. The Bertz CT molecular complexity index is 439. The minimum atomic E-state index is 0. The first-order valence-corrected chi connectivity index (χ1v) is 7.85. The topological polar surface area (TPSA) is 54.5 Å². The van der Waals surface area contributed by atoms with Gasteiger partial charge in [-0.3, -0.25) is 4.99 Å². The van der Waals surface area contributed by atoms with E-state index in [1.165, 1.54) is 22.7 Å². The Morgan fingerprint density at radius 3 is 2.85 bits per heavy atom. The summed E-state index contributed by atoms with van der Waals surface area (Å²) in [7, 11) is 0. The molecule has 1 aromatic rings. The Hall–Kier alpha value is -0.370. The van der Waals surface area contributed by atoms with Crippen LogP contribution in [0, 0.1) is 19.8 Å². The number of hydrogen-bond donors (Lipinski definition) is 1. The first-order valence-electron chi connectivity index (χ1n) is 7.04. The Kier molecular flexibility index (Phi) is 7.22. The van der Waals surface area contributed by atoms with Crippen molar-refractivity contribution in [3.05, 3.63) is 15.6 Å². The second-order valence-electron chi connectivity index (χ2n) is 5.43. The maximum absolute atomic E-state index is 6.07. The zero-order valence-electron chi connectivity index (χ0n) is 12.6. The smallest absolute Gasteiger partial charge is 0.191 e. The van der Waals surface area contributed by atoms with Crippen molar-refractivity contribution >= 4 is 41.3 Å². The molecule has 1 unspecified atom stereocenters. The van der Waals surface area contributed by atoms with E-state index in [-0.39, 0.29) is 24.0 Å². The highest BCUT2D eigenvalue weighted by Crippen LogP contribution is 2.17. The number of likely N-dealkylation sites (tertiary alicyclic amines) is 1. The van der Waals surface area contributed by atoms with Crippen LogP contribution in [0.4, 0.5) is 0 Å². The van der Waals surface area contributed by atoms with Gasteiger partial charge in [0.25, 0.3) is 0 Å². The lowest BCUT2D eigenvalue weighted by Gasteiger charge is -2.31. The van der Waals surface area contributed by atoms with Crippen LogP contribution in [0.3, 0.4) is 0 Å². The number of thiazole rings is 1. The van der Waals surface area contributed by atoms with Gasteiger partial charge in [-0.1, -0.05) is 6.92 Å². The second-order valence-corrected chi connectivity index (χ2v) is 6.72. The van der Waals surface area contributed by atoms with Crippen LogP contribution >= 0.6 is 35.3 Å². The van der Waals surface area contributed by atoms with Gasteiger partial charge in [0.2, 0.25) is 0 Å². The SMILES string of the molecule is Cc1nc(CCN=C(N)N2CCCC(C)C2)sc1C.I. The van der Waals surface area contributed by atoms with Crippen LogP contribution in [-0.4, -0.2) is 35.5 Å². The number of rotatable bonds is 3. The van der Waals surface area contributed by atoms with E-state index in [0.717, 1.165) is 37.7 Å². The third-order valence-corrected chi connectivity index (χ3v) is 4.79. The van der Waals surface area contributed by atoms with E-state index >= 15 is 0 Å². The van der Waals surface area contributed by atoms with Gasteiger partial charge in [-0.2, -0.15) is 0 Å². The van der Waals surface area contributed by atoms with Gasteiger partial charge >= 0.3 is 0 Å². The lowest BCUT2D eigenvalue weighted by Crippen LogP contribution is -2.43. The Labute approximate surface area is 142 Å². The number of piperidine rings is 1. The highest BCUT2D eigenvalue weighted by atomic mass is 127. The van der Waals surface area contributed by atoms with Crippen LogP contribution in [0.25, 0.3) is 0 Å². The van der Waals surface area contributed by atoms with Gasteiger partial charge < -0.3 is 10.6 Å². The number of nitrogens with zero attached hydrogens (tertiary/aromatic N) is 3. The molecule has 0 spiro atoms. The van der Waals surface area contributed by atoms with E-state index in [1.54, 1.807) is 11.3 Å². The Morgan fingerprint density at radius 2 is 2.25 bits per heavy atom. The number of aliphatic imine (C=N–C) groups is 1. The highest BCUT2D eigenvalue weighted by molar-refractivity contribution is 14.0. The van der Waals surface area contributed by atoms with Gasteiger partial charge in [0.1, 0.15) is 0 Å². The number of halogens is 1. The molecule has 1 aliphatic rings. The zero-order valence-corrected chi connectivity index (χ0v) is 15.7. The molecule has 114 valence electrons. The molecule has 0 bridgehead atoms. The second kappa shape index (κ2) is 8.17. The number of aromatic nitrogens is 1. The number of hydrogen-bond acceptors (Lipinski definition) is 3. The van der Waals surface area contributed by atoms with Gasteiger partial charge in [0, 0.05) is 30.9 Å². The average molecular weight is 408 g/mol. The minimum Gasteiger partial charge on any atom is -0.370 e. The lowest BCUT2D eigenvalue weighted by atomic mass is 10.0. The van der Waals surface area contributed by atoms with E-state index in [0.29, 0.717) is 5.96 Å². The molecule has 2 N–H and O–H groups in total. The molecule has 1 aromatic heterocycles. The summed E-state index contributed by atoms with van der Waals surface area (Å²) < 4.78 is 0. The molecule has 0 radical (unpaired) electrons. The van der Waals surface area contributed by atoms with Gasteiger partial charge in [-0.05, 0) is 32.6 Å². The predicted octanol–water partition coefficient (Wildman–Crippen LogP) is 2.97. The third-order valence-electron chi connectivity index (χ3n) is 3.65. The molecular formula is C14H25IN4S. The molecule has 1 aliphatic heterocycles. The first kappa shape index (κ1) is 17.7. The summed E-state index contributed by atoms with van der Waals surface area (Å²) in [5.74, 6) is 1.43. The fraction of sp³-hybridized carbons (Fsp3) is 0.714. The molecular weight excluding hydrogens is 383 g/mol. The maximum atomic E-state index is 6.07. The van der Waals surface area contributed by atoms with Gasteiger partial charge in [-0.15, -0.1) is 35.3 Å². The fourth-order valence-corrected chi connectivity index (χ4v) is 3.33. The molecule has 2 rings (SSSR count). The van der Waals surface area contributed by atoms with E-state index in [1.807, 2.05) is 0 Å². The van der Waals surface area contributed by atoms with Gasteiger partial charge in [0.05, 0.1) is 10.7 Å². The summed E-state index contributed by atoms with van der Waals surface area (Å²) in [6.07, 6.45) is 3.42. The summed E-state index contributed by atoms with van der Waals surface area (Å²) in [4.78, 5) is 12.5. The summed E-state index contributed by atoms with van der Waals surface area (Å²) in [5, 5.41) is 1.17.